The average Bonchev–Trinajstić information content (AvgIpc) is 2.83. The Morgan fingerprint density at radius 1 is 1.30 bits per heavy atom. The maximum atomic E-state index is 10.9. The zero-order valence-corrected chi connectivity index (χ0v) is 13.1. The van der Waals surface area contributed by atoms with Gasteiger partial charge in [0.1, 0.15) is 6.61 Å². The van der Waals surface area contributed by atoms with Crippen LogP contribution in [0, 0.1) is 5.92 Å². The highest BCUT2D eigenvalue weighted by Crippen LogP contribution is 2.24. The van der Waals surface area contributed by atoms with E-state index >= 15 is 0 Å². The van der Waals surface area contributed by atoms with Gasteiger partial charge in [0.05, 0.1) is 5.54 Å². The van der Waals surface area contributed by atoms with E-state index in [0.717, 1.165) is 11.5 Å². The number of alkyl carbamates (subject to hydrolysis) is 1. The van der Waals surface area contributed by atoms with Crippen LogP contribution < -0.4 is 5.32 Å². The lowest BCUT2D eigenvalue weighted by atomic mass is 9.94. The van der Waals surface area contributed by atoms with Gasteiger partial charge in [0, 0.05) is 0 Å². The van der Waals surface area contributed by atoms with Crippen molar-refractivity contribution in [2.24, 2.45) is 5.92 Å². The van der Waals surface area contributed by atoms with E-state index < -0.39 is 0 Å². The average molecular weight is 277 g/mol. The second-order valence-corrected chi connectivity index (χ2v) is 5.20. The van der Waals surface area contributed by atoms with Crippen LogP contribution in [0.3, 0.4) is 0 Å². The fourth-order valence-corrected chi connectivity index (χ4v) is 1.47. The van der Waals surface area contributed by atoms with E-state index in [9.17, 15) is 4.79 Å². The van der Waals surface area contributed by atoms with Crippen LogP contribution in [0.25, 0.3) is 0 Å². The van der Waals surface area contributed by atoms with E-state index in [1.807, 2.05) is 37.3 Å². The molecule has 1 aromatic carbocycles. The number of rotatable bonds is 2. The lowest BCUT2D eigenvalue weighted by Gasteiger charge is -2.20. The Balaban J connectivity index is 0.000000441. The lowest BCUT2D eigenvalue weighted by Crippen LogP contribution is -2.37. The van der Waals surface area contributed by atoms with Crippen molar-refractivity contribution in [1.29, 1.82) is 0 Å². The summed E-state index contributed by atoms with van der Waals surface area (Å²) in [5.41, 5.74) is 0.707. The maximum Gasteiger partial charge on any atom is 0.408 e. The van der Waals surface area contributed by atoms with Crippen LogP contribution in [-0.4, -0.2) is 12.7 Å². The molecule has 0 bridgehead atoms. The quantitative estimate of drug-likeness (QED) is 0.808. The highest BCUT2D eigenvalue weighted by molar-refractivity contribution is 5.71. The van der Waals surface area contributed by atoms with Gasteiger partial charge in [-0.1, -0.05) is 57.5 Å². The van der Waals surface area contributed by atoms with Crippen molar-refractivity contribution in [3.8, 4) is 0 Å². The molecule has 1 fully saturated rings. The Labute approximate surface area is 123 Å². The third kappa shape index (κ3) is 5.91. The van der Waals surface area contributed by atoms with Gasteiger partial charge in [0.15, 0.2) is 0 Å². The topological polar surface area (TPSA) is 38.3 Å². The fraction of sp³-hybridized carbons (Fsp3) is 0.471. The van der Waals surface area contributed by atoms with Gasteiger partial charge in [-0.3, -0.25) is 0 Å². The number of hydrogen-bond acceptors (Lipinski definition) is 2. The molecule has 0 aromatic heterocycles. The van der Waals surface area contributed by atoms with Crippen LogP contribution in [0.5, 0.6) is 0 Å². The molecule has 1 atom stereocenters. The molecular weight excluding hydrogens is 250 g/mol. The van der Waals surface area contributed by atoms with Crippen LogP contribution in [0.4, 0.5) is 4.79 Å². The Morgan fingerprint density at radius 2 is 1.80 bits per heavy atom. The molecule has 20 heavy (non-hydrogen) atoms. The molecule has 1 unspecified atom stereocenters. The smallest absolute Gasteiger partial charge is 0.408 e. The highest BCUT2D eigenvalue weighted by Gasteiger charge is 2.36. The second-order valence-electron chi connectivity index (χ2n) is 5.20. The van der Waals surface area contributed by atoms with Gasteiger partial charge in [-0.05, 0) is 18.4 Å². The Morgan fingerprint density at radius 3 is 2.15 bits per heavy atom. The van der Waals surface area contributed by atoms with Gasteiger partial charge in [0.2, 0.25) is 0 Å². The number of nitrogens with one attached hydrogen (secondary N) is 1. The number of benzene rings is 1. The Bertz CT molecular complexity index is 389. The van der Waals surface area contributed by atoms with Gasteiger partial charge >= 0.3 is 6.09 Å². The normalized spacial score (nSPS) is 19.9. The second kappa shape index (κ2) is 9.18. The summed E-state index contributed by atoms with van der Waals surface area (Å²) < 4.78 is 4.87. The van der Waals surface area contributed by atoms with Crippen molar-refractivity contribution < 1.29 is 9.53 Å². The van der Waals surface area contributed by atoms with E-state index in [0.29, 0.717) is 6.61 Å². The van der Waals surface area contributed by atoms with Crippen LogP contribution in [0.15, 0.2) is 43.5 Å². The number of hydrogen-bond donors (Lipinski definition) is 1. The van der Waals surface area contributed by atoms with E-state index in [1.54, 1.807) is 0 Å². The number of carbonyl (C=O) groups is 1. The first-order chi connectivity index (χ1) is 9.48. The van der Waals surface area contributed by atoms with E-state index in [2.05, 4.69) is 39.2 Å². The molecule has 1 N–H and O–H groups in total. The summed E-state index contributed by atoms with van der Waals surface area (Å²) >= 11 is 0. The molecule has 2 rings (SSSR count). The predicted octanol–water partition coefficient (Wildman–Crippen LogP) is 4.50. The van der Waals surface area contributed by atoms with Crippen molar-refractivity contribution >= 4 is 6.09 Å². The molecule has 1 aliphatic heterocycles. The molecule has 1 aromatic rings. The summed E-state index contributed by atoms with van der Waals surface area (Å²) in [5, 5.41) is 2.79. The van der Waals surface area contributed by atoms with Crippen molar-refractivity contribution in [2.45, 2.75) is 39.7 Å². The lowest BCUT2D eigenvalue weighted by molar-refractivity contribution is 0.173. The van der Waals surface area contributed by atoms with Gasteiger partial charge in [-0.25, -0.2) is 4.79 Å². The van der Waals surface area contributed by atoms with Crippen molar-refractivity contribution in [1.82, 2.24) is 5.32 Å². The van der Waals surface area contributed by atoms with E-state index in [-0.39, 0.29) is 11.6 Å². The summed E-state index contributed by atoms with van der Waals surface area (Å²) in [6, 6.07) is 9.81. The zero-order chi connectivity index (χ0) is 15.6. The Hall–Kier alpha value is -1.77. The summed E-state index contributed by atoms with van der Waals surface area (Å²) in [6.07, 6.45) is 0.964. The molecule has 0 saturated carbocycles. The fourth-order valence-electron chi connectivity index (χ4n) is 1.47. The number of carbonyl (C=O) groups excluding carboxylic acids is 1. The minimum absolute atomic E-state index is 0.341. The maximum absolute atomic E-state index is 10.9. The molecule has 0 spiro atoms. The molecule has 1 saturated heterocycles. The first-order valence-corrected chi connectivity index (χ1v) is 6.98. The number of amides is 1. The van der Waals surface area contributed by atoms with Gasteiger partial charge in [-0.2, -0.15) is 0 Å². The molecule has 3 heteroatoms. The van der Waals surface area contributed by atoms with Gasteiger partial charge in [0.25, 0.3) is 0 Å². The molecule has 0 radical (unpaired) electrons. The third-order valence-electron chi connectivity index (χ3n) is 3.10. The Kier molecular flexibility index (Phi) is 8.37. The van der Waals surface area contributed by atoms with E-state index in [1.165, 1.54) is 6.42 Å². The molecule has 0 aliphatic carbocycles. The summed E-state index contributed by atoms with van der Waals surface area (Å²) in [5.74, 6) is 0.884. The highest BCUT2D eigenvalue weighted by atomic mass is 16.6. The predicted molar refractivity (Wildman–Crippen MR) is 84.7 cm³/mol. The molecule has 1 heterocycles. The largest absolute Gasteiger partial charge is 0.447 e. The first-order valence-electron chi connectivity index (χ1n) is 6.98. The molecule has 1 amide bonds. The van der Waals surface area contributed by atoms with Crippen molar-refractivity contribution in [3.05, 3.63) is 49.1 Å². The third-order valence-corrected chi connectivity index (χ3v) is 3.10. The minimum Gasteiger partial charge on any atom is -0.447 e. The molecular formula is C17H27NO2. The van der Waals surface area contributed by atoms with Crippen LogP contribution in [0.2, 0.25) is 0 Å². The SMILES string of the molecule is C=C.CC1(c2ccccc2)COC(=O)N1.CCC(C)C. The molecule has 3 nitrogen and oxygen atoms in total. The van der Waals surface area contributed by atoms with E-state index in [4.69, 9.17) is 4.74 Å². The van der Waals surface area contributed by atoms with Crippen LogP contribution in [0.1, 0.15) is 39.7 Å². The zero-order valence-electron chi connectivity index (χ0n) is 13.1. The van der Waals surface area contributed by atoms with Gasteiger partial charge < -0.3 is 10.1 Å². The summed E-state index contributed by atoms with van der Waals surface area (Å²) in [7, 11) is 0. The van der Waals surface area contributed by atoms with Gasteiger partial charge in [-0.15, -0.1) is 13.2 Å². The van der Waals surface area contributed by atoms with Crippen molar-refractivity contribution in [2.75, 3.05) is 6.61 Å². The number of ether oxygens (including phenoxy) is 1. The minimum atomic E-state index is -0.363. The monoisotopic (exact) mass is 277 g/mol. The van der Waals surface area contributed by atoms with Crippen LogP contribution >= 0.6 is 0 Å². The standard InChI is InChI=1S/C10H11NO2.C5H12.C2H4/c1-10(7-13-9(12)11-10)8-5-3-2-4-6-8;1-4-5(2)3;1-2/h2-6H,7H2,1H3,(H,11,12);5H,4H2,1-3H3;1-2H2. The van der Waals surface area contributed by atoms with Crippen molar-refractivity contribution in [3.63, 3.8) is 0 Å². The molecule has 1 aliphatic rings. The molecule has 112 valence electrons. The number of cyclic esters (lactones) is 1. The van der Waals surface area contributed by atoms with Crippen LogP contribution in [-0.2, 0) is 10.3 Å². The first kappa shape index (κ1) is 18.2. The summed E-state index contributed by atoms with van der Waals surface area (Å²) in [4.78, 5) is 10.9. The summed E-state index contributed by atoms with van der Waals surface area (Å²) in [6.45, 7) is 15.0.